The third-order valence-electron chi connectivity index (χ3n) is 7.96. The van der Waals surface area contributed by atoms with E-state index in [0.29, 0.717) is 35.1 Å². The highest BCUT2D eigenvalue weighted by molar-refractivity contribution is 7.99. The molecule has 0 spiro atoms. The van der Waals surface area contributed by atoms with Crippen LogP contribution >= 0.6 is 11.8 Å². The van der Waals surface area contributed by atoms with E-state index in [9.17, 15) is 9.18 Å². The molecular weight excluding hydrogens is 549 g/mol. The third kappa shape index (κ3) is 5.37. The molecule has 4 heterocycles. The second-order valence-electron chi connectivity index (χ2n) is 10.8. The van der Waals surface area contributed by atoms with Crippen LogP contribution in [0, 0.1) is 5.82 Å². The van der Waals surface area contributed by atoms with Crippen LogP contribution in [0.2, 0.25) is 0 Å². The van der Waals surface area contributed by atoms with E-state index < -0.39 is 5.82 Å². The number of para-hydroxylation sites is 1. The largest absolute Gasteiger partial charge is 0.448 e. The Morgan fingerprint density at radius 2 is 1.86 bits per heavy atom. The zero-order valence-electron chi connectivity index (χ0n) is 22.9. The van der Waals surface area contributed by atoms with Gasteiger partial charge in [-0.3, -0.25) is 9.36 Å². The van der Waals surface area contributed by atoms with Gasteiger partial charge in [0.2, 0.25) is 5.95 Å². The van der Waals surface area contributed by atoms with E-state index in [-0.39, 0.29) is 23.1 Å². The number of hydrogen-bond donors (Lipinski definition) is 2. The first-order chi connectivity index (χ1) is 20.6. The molecule has 1 fully saturated rings. The van der Waals surface area contributed by atoms with Crippen molar-refractivity contribution in [3.8, 4) is 11.5 Å². The van der Waals surface area contributed by atoms with Gasteiger partial charge in [-0.25, -0.2) is 9.37 Å². The van der Waals surface area contributed by atoms with Gasteiger partial charge in [-0.05, 0) is 79.3 Å². The van der Waals surface area contributed by atoms with E-state index in [1.54, 1.807) is 40.7 Å². The first kappa shape index (κ1) is 26.7. The first-order valence-corrected chi connectivity index (χ1v) is 15.2. The molecule has 2 N–H and O–H groups in total. The van der Waals surface area contributed by atoms with Crippen LogP contribution in [0.25, 0.3) is 11.0 Å². The smallest absolute Gasteiger partial charge is 0.295 e. The Kier molecular flexibility index (Phi) is 7.36. The van der Waals surface area contributed by atoms with Gasteiger partial charge in [0.15, 0.2) is 17.3 Å². The lowest BCUT2D eigenvalue weighted by atomic mass is 9.92. The Morgan fingerprint density at radius 3 is 2.69 bits per heavy atom. The normalized spacial score (nSPS) is 18.4. The van der Waals surface area contributed by atoms with Crippen molar-refractivity contribution < 1.29 is 9.13 Å². The summed E-state index contributed by atoms with van der Waals surface area (Å²) in [6.45, 7) is 2.09. The Balaban J connectivity index is 1.25. The summed E-state index contributed by atoms with van der Waals surface area (Å²) >= 11 is 1.72. The number of aromatic nitrogens is 3. The van der Waals surface area contributed by atoms with Crippen LogP contribution < -0.4 is 20.9 Å². The standard InChI is InChI=1S/C33H30FN5O2S/c34-27-8-2-3-9-28(27)41-29-17-24-19-36-33(37-25-13-11-21(12-14-25)23-7-5-15-35-18-23)38-31(24)39(32(29)40)26-16-22-6-1-4-10-30(22)42-20-26/h1-4,6,8-14,17,19,23,26,35H,5,7,15-16,18,20H2,(H,36,37,38). The predicted octanol–water partition coefficient (Wildman–Crippen LogP) is 6.82. The summed E-state index contributed by atoms with van der Waals surface area (Å²) in [6, 6.07) is 24.1. The van der Waals surface area contributed by atoms with Crippen molar-refractivity contribution in [1.29, 1.82) is 0 Å². The number of benzene rings is 3. The van der Waals surface area contributed by atoms with Gasteiger partial charge in [0.1, 0.15) is 5.65 Å². The van der Waals surface area contributed by atoms with Gasteiger partial charge in [0.25, 0.3) is 5.56 Å². The number of rotatable bonds is 6. The minimum atomic E-state index is -0.535. The third-order valence-corrected chi connectivity index (χ3v) is 9.22. The summed E-state index contributed by atoms with van der Waals surface area (Å²) in [5, 5.41) is 7.42. The Hall–Kier alpha value is -4.21. The van der Waals surface area contributed by atoms with Crippen LogP contribution in [-0.4, -0.2) is 33.4 Å². The van der Waals surface area contributed by atoms with Gasteiger partial charge in [-0.15, -0.1) is 11.8 Å². The molecule has 0 radical (unpaired) electrons. The maximum atomic E-state index is 14.5. The maximum absolute atomic E-state index is 14.5. The summed E-state index contributed by atoms with van der Waals surface area (Å²) in [5.74, 6) is 1.11. The van der Waals surface area contributed by atoms with Crippen molar-refractivity contribution in [3.05, 3.63) is 112 Å². The zero-order chi connectivity index (χ0) is 28.5. The molecule has 2 atom stereocenters. The SMILES string of the molecule is O=c1c(Oc2ccccc2F)cc2cnc(Nc3ccc(C4CCCNC4)cc3)nc2n1C1CSc2ccccc2C1. The summed E-state index contributed by atoms with van der Waals surface area (Å²) in [5.41, 5.74) is 3.52. The number of thioether (sulfide) groups is 1. The quantitative estimate of drug-likeness (QED) is 0.228. The van der Waals surface area contributed by atoms with Crippen LogP contribution in [0.5, 0.6) is 11.5 Å². The molecule has 7 nitrogen and oxygen atoms in total. The Labute approximate surface area is 247 Å². The van der Waals surface area contributed by atoms with Crippen LogP contribution in [-0.2, 0) is 6.42 Å². The molecule has 0 amide bonds. The molecule has 2 aliphatic heterocycles. The Morgan fingerprint density at radius 1 is 1.02 bits per heavy atom. The number of anilines is 2. The molecule has 0 saturated carbocycles. The number of fused-ring (bicyclic) bond motifs is 2. The molecule has 2 aliphatic rings. The van der Waals surface area contributed by atoms with Crippen LogP contribution in [0.15, 0.2) is 94.7 Å². The summed E-state index contributed by atoms with van der Waals surface area (Å²) in [7, 11) is 0. The van der Waals surface area contributed by atoms with E-state index in [4.69, 9.17) is 9.72 Å². The Bertz CT molecular complexity index is 1800. The molecular formula is C33H30FN5O2S. The van der Waals surface area contributed by atoms with Crippen molar-refractivity contribution in [3.63, 3.8) is 0 Å². The fourth-order valence-corrected chi connectivity index (χ4v) is 6.95. The molecule has 5 aromatic rings. The molecule has 9 heteroatoms. The van der Waals surface area contributed by atoms with Crippen molar-refractivity contribution in [2.75, 3.05) is 24.2 Å². The second-order valence-corrected chi connectivity index (χ2v) is 11.8. The fraction of sp³-hybridized carbons (Fsp3) is 0.242. The highest BCUT2D eigenvalue weighted by Crippen LogP contribution is 2.36. The highest BCUT2D eigenvalue weighted by atomic mass is 32.2. The van der Waals surface area contributed by atoms with Crippen molar-refractivity contribution >= 4 is 34.4 Å². The molecule has 0 bridgehead atoms. The van der Waals surface area contributed by atoms with Gasteiger partial charge in [-0.1, -0.05) is 42.5 Å². The average Bonchev–Trinajstić information content (AvgIpc) is 3.03. The second kappa shape index (κ2) is 11.6. The molecule has 42 heavy (non-hydrogen) atoms. The van der Waals surface area contributed by atoms with Gasteiger partial charge < -0.3 is 15.4 Å². The highest BCUT2D eigenvalue weighted by Gasteiger charge is 2.26. The number of pyridine rings is 1. The lowest BCUT2D eigenvalue weighted by Gasteiger charge is -2.27. The van der Waals surface area contributed by atoms with E-state index >= 15 is 0 Å². The van der Waals surface area contributed by atoms with Gasteiger partial charge in [0, 0.05) is 34.5 Å². The minimum Gasteiger partial charge on any atom is -0.448 e. The lowest BCUT2D eigenvalue weighted by Crippen LogP contribution is -2.31. The number of piperidine rings is 1. The van der Waals surface area contributed by atoms with Gasteiger partial charge >= 0.3 is 0 Å². The molecule has 2 aromatic heterocycles. The molecule has 3 aromatic carbocycles. The lowest BCUT2D eigenvalue weighted by molar-refractivity contribution is 0.426. The van der Waals surface area contributed by atoms with Crippen molar-refractivity contribution in [2.24, 2.45) is 0 Å². The fourth-order valence-electron chi connectivity index (χ4n) is 5.79. The van der Waals surface area contributed by atoms with Gasteiger partial charge in [0.05, 0.1) is 6.04 Å². The molecule has 7 rings (SSSR count). The van der Waals surface area contributed by atoms with Gasteiger partial charge in [-0.2, -0.15) is 4.98 Å². The van der Waals surface area contributed by atoms with Crippen molar-refractivity contribution in [1.82, 2.24) is 19.9 Å². The maximum Gasteiger partial charge on any atom is 0.295 e. The first-order valence-electron chi connectivity index (χ1n) is 14.3. The molecule has 1 saturated heterocycles. The minimum absolute atomic E-state index is 0.00414. The topological polar surface area (TPSA) is 81.1 Å². The number of nitrogens with zero attached hydrogens (tertiary/aromatic N) is 3. The average molecular weight is 580 g/mol. The molecule has 212 valence electrons. The van der Waals surface area contributed by atoms with E-state index in [2.05, 4.69) is 39.9 Å². The van der Waals surface area contributed by atoms with Crippen molar-refractivity contribution in [2.45, 2.75) is 36.1 Å². The van der Waals surface area contributed by atoms with Crippen LogP contribution in [0.3, 0.4) is 0 Å². The summed E-state index contributed by atoms with van der Waals surface area (Å²) in [4.78, 5) is 24.6. The van der Waals surface area contributed by atoms with Crippen LogP contribution in [0.4, 0.5) is 16.0 Å². The number of nitrogens with one attached hydrogen (secondary N) is 2. The summed E-state index contributed by atoms with van der Waals surface area (Å²) < 4.78 is 22.0. The van der Waals surface area contributed by atoms with Crippen LogP contribution in [0.1, 0.15) is 35.9 Å². The van der Waals surface area contributed by atoms with E-state index in [1.807, 2.05) is 24.3 Å². The summed E-state index contributed by atoms with van der Waals surface area (Å²) in [6.07, 6.45) is 4.74. The predicted molar refractivity (Wildman–Crippen MR) is 165 cm³/mol. The number of halogens is 1. The van der Waals surface area contributed by atoms with E-state index in [0.717, 1.165) is 18.8 Å². The number of ether oxygens (including phenoxy) is 1. The molecule has 0 aliphatic carbocycles. The molecule has 2 unspecified atom stereocenters. The number of hydrogen-bond acceptors (Lipinski definition) is 7. The zero-order valence-corrected chi connectivity index (χ0v) is 23.7. The van der Waals surface area contributed by atoms with E-state index in [1.165, 1.54) is 41.0 Å². The monoisotopic (exact) mass is 579 g/mol.